The van der Waals surface area contributed by atoms with E-state index in [1.54, 1.807) is 4.90 Å². The van der Waals surface area contributed by atoms with Gasteiger partial charge in [-0.2, -0.15) is 0 Å². The predicted molar refractivity (Wildman–Crippen MR) is 98.8 cm³/mol. The van der Waals surface area contributed by atoms with Crippen LogP contribution in [0.25, 0.3) is 0 Å². The van der Waals surface area contributed by atoms with Gasteiger partial charge in [-0.05, 0) is 12.0 Å². The Morgan fingerprint density at radius 3 is 2.88 bits per heavy atom. The van der Waals surface area contributed by atoms with Crippen molar-refractivity contribution in [2.45, 2.75) is 32.2 Å². The number of nitrogens with zero attached hydrogens (tertiary/aromatic N) is 2. The maximum Gasteiger partial charge on any atom is 0.323 e. The molecule has 1 aliphatic rings. The van der Waals surface area contributed by atoms with Crippen molar-refractivity contribution < 1.29 is 9.59 Å². The number of urea groups is 1. The number of amides is 3. The standard InChI is InChI=1S/C18H22N4O2S/c1-2-16(23)19-14-8-9-22(11-14)18(24)21-17-20-15(12-25-17)10-13-6-4-3-5-7-13/h3-7,12,14H,2,8-11H2,1H3,(H,19,23)(H,20,21,24). The number of carbonyl (C=O) groups excluding carboxylic acids is 2. The number of benzene rings is 1. The first kappa shape index (κ1) is 17.4. The minimum Gasteiger partial charge on any atom is -0.352 e. The molecule has 1 saturated heterocycles. The Morgan fingerprint density at radius 1 is 1.32 bits per heavy atom. The summed E-state index contributed by atoms with van der Waals surface area (Å²) >= 11 is 1.43. The molecule has 25 heavy (non-hydrogen) atoms. The molecule has 1 fully saturated rings. The molecule has 2 aromatic rings. The summed E-state index contributed by atoms with van der Waals surface area (Å²) in [6, 6.07) is 10.0. The molecule has 6 nitrogen and oxygen atoms in total. The Morgan fingerprint density at radius 2 is 2.12 bits per heavy atom. The molecule has 0 spiro atoms. The lowest BCUT2D eigenvalue weighted by Gasteiger charge is -2.16. The summed E-state index contributed by atoms with van der Waals surface area (Å²) in [5.74, 6) is 0.0257. The molecule has 2 N–H and O–H groups in total. The maximum absolute atomic E-state index is 12.4. The van der Waals surface area contributed by atoms with E-state index in [0.29, 0.717) is 24.6 Å². The molecule has 0 aliphatic carbocycles. The minimum absolute atomic E-state index is 0.0257. The number of hydrogen-bond donors (Lipinski definition) is 2. The van der Waals surface area contributed by atoms with Crippen LogP contribution in [-0.2, 0) is 11.2 Å². The first-order valence-electron chi connectivity index (χ1n) is 8.47. The monoisotopic (exact) mass is 358 g/mol. The highest BCUT2D eigenvalue weighted by Crippen LogP contribution is 2.19. The number of thiazole rings is 1. The molecule has 0 saturated carbocycles. The van der Waals surface area contributed by atoms with Gasteiger partial charge in [0.1, 0.15) is 0 Å². The van der Waals surface area contributed by atoms with Crippen LogP contribution >= 0.6 is 11.3 Å². The Hall–Kier alpha value is -2.41. The van der Waals surface area contributed by atoms with Crippen LogP contribution in [0.1, 0.15) is 31.0 Å². The topological polar surface area (TPSA) is 74.3 Å². The van der Waals surface area contributed by atoms with Crippen LogP contribution in [0, 0.1) is 0 Å². The molecule has 1 atom stereocenters. The highest BCUT2D eigenvalue weighted by atomic mass is 32.1. The lowest BCUT2D eigenvalue weighted by molar-refractivity contribution is -0.121. The number of likely N-dealkylation sites (tertiary alicyclic amines) is 1. The van der Waals surface area contributed by atoms with Gasteiger partial charge in [0.25, 0.3) is 0 Å². The summed E-state index contributed by atoms with van der Waals surface area (Å²) in [5, 5.41) is 8.37. The summed E-state index contributed by atoms with van der Waals surface area (Å²) < 4.78 is 0. The number of aromatic nitrogens is 1. The third-order valence-corrected chi connectivity index (χ3v) is 4.96. The molecule has 1 aromatic carbocycles. The van der Waals surface area contributed by atoms with Crippen LogP contribution in [-0.4, -0.2) is 41.0 Å². The molecule has 1 aromatic heterocycles. The number of nitrogens with one attached hydrogen (secondary N) is 2. The van der Waals surface area contributed by atoms with Gasteiger partial charge < -0.3 is 10.2 Å². The molecule has 7 heteroatoms. The molecule has 132 valence electrons. The van der Waals surface area contributed by atoms with E-state index in [4.69, 9.17) is 0 Å². The number of hydrogen-bond acceptors (Lipinski definition) is 4. The average molecular weight is 358 g/mol. The van der Waals surface area contributed by atoms with Crippen molar-refractivity contribution in [2.24, 2.45) is 0 Å². The van der Waals surface area contributed by atoms with Crippen LogP contribution in [0.3, 0.4) is 0 Å². The Labute approximate surface area is 151 Å². The van der Waals surface area contributed by atoms with E-state index < -0.39 is 0 Å². The Balaban J connectivity index is 1.51. The number of rotatable bonds is 5. The van der Waals surface area contributed by atoms with Crippen molar-refractivity contribution in [2.75, 3.05) is 18.4 Å². The predicted octanol–water partition coefficient (Wildman–Crippen LogP) is 2.87. The molecule has 2 heterocycles. The molecule has 1 unspecified atom stereocenters. The Bertz CT molecular complexity index is 732. The van der Waals surface area contributed by atoms with E-state index in [-0.39, 0.29) is 18.0 Å². The summed E-state index contributed by atoms with van der Waals surface area (Å²) in [6.45, 7) is 3.01. The molecule has 3 rings (SSSR count). The second-order valence-corrected chi connectivity index (χ2v) is 6.95. The highest BCUT2D eigenvalue weighted by molar-refractivity contribution is 7.13. The van der Waals surface area contributed by atoms with Crippen molar-refractivity contribution in [3.8, 4) is 0 Å². The van der Waals surface area contributed by atoms with Crippen molar-refractivity contribution in [3.05, 3.63) is 47.0 Å². The van der Waals surface area contributed by atoms with E-state index in [0.717, 1.165) is 18.5 Å². The molecular formula is C18H22N4O2S. The van der Waals surface area contributed by atoms with Gasteiger partial charge in [0, 0.05) is 37.4 Å². The zero-order valence-corrected chi connectivity index (χ0v) is 15.0. The average Bonchev–Trinajstić information content (AvgIpc) is 3.25. The van der Waals surface area contributed by atoms with E-state index >= 15 is 0 Å². The van der Waals surface area contributed by atoms with Crippen molar-refractivity contribution in [1.82, 2.24) is 15.2 Å². The summed E-state index contributed by atoms with van der Waals surface area (Å²) in [4.78, 5) is 30.0. The van der Waals surface area contributed by atoms with E-state index in [2.05, 4.69) is 27.8 Å². The molecule has 0 radical (unpaired) electrons. The smallest absolute Gasteiger partial charge is 0.323 e. The SMILES string of the molecule is CCC(=O)NC1CCN(C(=O)Nc2nc(Cc3ccccc3)cs2)C1. The number of carbonyl (C=O) groups is 2. The van der Waals surface area contributed by atoms with E-state index in [1.165, 1.54) is 16.9 Å². The fourth-order valence-electron chi connectivity index (χ4n) is 2.81. The molecule has 1 aliphatic heterocycles. The van der Waals surface area contributed by atoms with Crippen molar-refractivity contribution in [3.63, 3.8) is 0 Å². The van der Waals surface area contributed by atoms with Gasteiger partial charge in [0.15, 0.2) is 5.13 Å². The first-order valence-corrected chi connectivity index (χ1v) is 9.35. The van der Waals surface area contributed by atoms with Gasteiger partial charge >= 0.3 is 6.03 Å². The second-order valence-electron chi connectivity index (χ2n) is 6.09. The van der Waals surface area contributed by atoms with Crippen LogP contribution in [0.15, 0.2) is 35.7 Å². The third-order valence-electron chi connectivity index (χ3n) is 4.16. The lowest BCUT2D eigenvalue weighted by Crippen LogP contribution is -2.39. The van der Waals surface area contributed by atoms with Crippen molar-refractivity contribution >= 4 is 28.4 Å². The molecule has 3 amide bonds. The zero-order chi connectivity index (χ0) is 17.6. The van der Waals surface area contributed by atoms with Crippen LogP contribution in [0.2, 0.25) is 0 Å². The van der Waals surface area contributed by atoms with E-state index in [9.17, 15) is 9.59 Å². The number of anilines is 1. The van der Waals surface area contributed by atoms with Crippen molar-refractivity contribution in [1.29, 1.82) is 0 Å². The first-order chi connectivity index (χ1) is 12.1. The Kier molecular flexibility index (Phi) is 5.65. The van der Waals surface area contributed by atoms with Gasteiger partial charge in [0.2, 0.25) is 5.91 Å². The summed E-state index contributed by atoms with van der Waals surface area (Å²) in [7, 11) is 0. The van der Waals surface area contributed by atoms with Gasteiger partial charge in [-0.3, -0.25) is 10.1 Å². The zero-order valence-electron chi connectivity index (χ0n) is 14.2. The van der Waals surface area contributed by atoms with Gasteiger partial charge in [0.05, 0.1) is 5.69 Å². The fraction of sp³-hybridized carbons (Fsp3) is 0.389. The summed E-state index contributed by atoms with van der Waals surface area (Å²) in [5.41, 5.74) is 2.14. The highest BCUT2D eigenvalue weighted by Gasteiger charge is 2.27. The molecule has 0 bridgehead atoms. The quantitative estimate of drug-likeness (QED) is 0.863. The van der Waals surface area contributed by atoms with Gasteiger partial charge in [-0.15, -0.1) is 11.3 Å². The normalized spacial score (nSPS) is 16.7. The third kappa shape index (κ3) is 4.79. The largest absolute Gasteiger partial charge is 0.352 e. The van der Waals surface area contributed by atoms with Gasteiger partial charge in [-0.1, -0.05) is 37.3 Å². The minimum atomic E-state index is -0.158. The van der Waals surface area contributed by atoms with Gasteiger partial charge in [-0.25, -0.2) is 9.78 Å². The maximum atomic E-state index is 12.4. The van der Waals surface area contributed by atoms with Crippen LogP contribution in [0.4, 0.5) is 9.93 Å². The van der Waals surface area contributed by atoms with Crippen LogP contribution in [0.5, 0.6) is 0 Å². The lowest BCUT2D eigenvalue weighted by atomic mass is 10.1. The van der Waals surface area contributed by atoms with E-state index in [1.807, 2.05) is 30.5 Å². The fourth-order valence-corrected chi connectivity index (χ4v) is 3.51. The molecular weight excluding hydrogens is 336 g/mol. The van der Waals surface area contributed by atoms with Crippen LogP contribution < -0.4 is 10.6 Å². The summed E-state index contributed by atoms with van der Waals surface area (Å²) in [6.07, 6.45) is 2.00. The second kappa shape index (κ2) is 8.11.